The summed E-state index contributed by atoms with van der Waals surface area (Å²) in [6.45, 7) is 0.0533. The van der Waals surface area contributed by atoms with Gasteiger partial charge in [-0.25, -0.2) is 9.18 Å². The smallest absolute Gasteiger partial charge is 0.331 e. The molecular weight excluding hydrogens is 383 g/mol. The summed E-state index contributed by atoms with van der Waals surface area (Å²) in [6.07, 6.45) is 9.74. The molecule has 0 N–H and O–H groups in total. The Labute approximate surface area is 176 Å². The lowest BCUT2D eigenvalue weighted by atomic mass is 9.52. The summed E-state index contributed by atoms with van der Waals surface area (Å²) in [5, 5.41) is 9.09. The van der Waals surface area contributed by atoms with Crippen molar-refractivity contribution in [2.45, 2.75) is 50.5 Å². The van der Waals surface area contributed by atoms with Gasteiger partial charge in [0.25, 0.3) is 5.91 Å². The van der Waals surface area contributed by atoms with Gasteiger partial charge in [-0.1, -0.05) is 12.1 Å². The molecule has 4 fully saturated rings. The molecule has 0 aliphatic heterocycles. The van der Waals surface area contributed by atoms with Crippen molar-refractivity contribution < 1.29 is 18.7 Å². The lowest BCUT2D eigenvalue weighted by molar-refractivity contribution is -0.160. The van der Waals surface area contributed by atoms with E-state index < -0.39 is 5.97 Å². The number of ether oxygens (including phenoxy) is 1. The molecule has 4 aliphatic carbocycles. The van der Waals surface area contributed by atoms with Gasteiger partial charge in [0.15, 0.2) is 6.61 Å². The van der Waals surface area contributed by atoms with Crippen LogP contribution in [0, 0.1) is 34.9 Å². The van der Waals surface area contributed by atoms with Gasteiger partial charge in [0.05, 0.1) is 12.5 Å². The second kappa shape index (κ2) is 8.59. The van der Waals surface area contributed by atoms with Crippen molar-refractivity contribution in [3.63, 3.8) is 0 Å². The predicted molar refractivity (Wildman–Crippen MR) is 109 cm³/mol. The van der Waals surface area contributed by atoms with Crippen LogP contribution in [0.2, 0.25) is 0 Å². The van der Waals surface area contributed by atoms with Crippen molar-refractivity contribution in [1.29, 1.82) is 5.26 Å². The van der Waals surface area contributed by atoms with Gasteiger partial charge < -0.3 is 9.64 Å². The standard InChI is InChI=1S/C24H27FN2O3/c25-21-4-1-3-17(12-21)5-6-23(29)30-16-22(28)27(8-2-7-26)24-13-18-9-19(14-24)11-20(10-18)15-24/h1,3-6,12,18-20H,2,8-11,13-16H2/b6-5+. The van der Waals surface area contributed by atoms with E-state index >= 15 is 0 Å². The van der Waals surface area contributed by atoms with Gasteiger partial charge in [-0.3, -0.25) is 4.79 Å². The summed E-state index contributed by atoms with van der Waals surface area (Å²) in [5.41, 5.74) is 0.370. The first-order valence-electron chi connectivity index (χ1n) is 10.8. The highest BCUT2D eigenvalue weighted by Gasteiger charge is 2.54. The Kier molecular flexibility index (Phi) is 5.90. The van der Waals surface area contributed by atoms with Gasteiger partial charge in [0.1, 0.15) is 5.82 Å². The second-order valence-corrected chi connectivity index (χ2v) is 9.09. The molecule has 1 aromatic carbocycles. The molecule has 4 saturated carbocycles. The number of nitriles is 1. The molecule has 5 rings (SSSR count). The van der Waals surface area contributed by atoms with Gasteiger partial charge in [0, 0.05) is 18.2 Å². The Morgan fingerprint density at radius 2 is 1.87 bits per heavy atom. The molecule has 4 aliphatic rings. The first-order valence-corrected chi connectivity index (χ1v) is 10.8. The molecule has 0 spiro atoms. The average molecular weight is 410 g/mol. The maximum Gasteiger partial charge on any atom is 0.331 e. The third kappa shape index (κ3) is 4.40. The zero-order chi connectivity index (χ0) is 21.1. The van der Waals surface area contributed by atoms with Crippen molar-refractivity contribution in [1.82, 2.24) is 4.90 Å². The fraction of sp³-hybridized carbons (Fsp3) is 0.542. The number of rotatable bonds is 7. The number of halogens is 1. The molecule has 158 valence electrons. The molecule has 6 heteroatoms. The van der Waals surface area contributed by atoms with E-state index in [-0.39, 0.29) is 30.3 Å². The number of carbonyl (C=O) groups is 2. The van der Waals surface area contributed by atoms with Crippen LogP contribution in [0.15, 0.2) is 30.3 Å². The molecule has 1 aromatic rings. The topological polar surface area (TPSA) is 70.4 Å². The Bertz CT molecular complexity index is 853. The van der Waals surface area contributed by atoms with Gasteiger partial charge in [0.2, 0.25) is 0 Å². The number of benzene rings is 1. The first kappa shape index (κ1) is 20.6. The van der Waals surface area contributed by atoms with Gasteiger partial charge in [-0.2, -0.15) is 5.26 Å². The Hall–Kier alpha value is -2.68. The number of hydrogen-bond acceptors (Lipinski definition) is 4. The maximum absolute atomic E-state index is 13.2. The van der Waals surface area contributed by atoms with Crippen molar-refractivity contribution in [3.8, 4) is 6.07 Å². The zero-order valence-electron chi connectivity index (χ0n) is 17.1. The van der Waals surface area contributed by atoms with Crippen LogP contribution in [0.1, 0.15) is 50.5 Å². The van der Waals surface area contributed by atoms with Crippen molar-refractivity contribution >= 4 is 18.0 Å². The Morgan fingerprint density at radius 3 is 2.47 bits per heavy atom. The van der Waals surface area contributed by atoms with Crippen molar-refractivity contribution in [2.24, 2.45) is 17.8 Å². The molecule has 0 radical (unpaired) electrons. The monoisotopic (exact) mass is 410 g/mol. The summed E-state index contributed by atoms with van der Waals surface area (Å²) in [7, 11) is 0. The molecule has 5 nitrogen and oxygen atoms in total. The van der Waals surface area contributed by atoms with Crippen LogP contribution in [0.5, 0.6) is 0 Å². The van der Waals surface area contributed by atoms with Gasteiger partial charge >= 0.3 is 5.97 Å². The SMILES string of the molecule is N#CCCN(C(=O)COC(=O)/C=C/c1cccc(F)c1)C12CC3CC(CC(C3)C1)C2. The van der Waals surface area contributed by atoms with Crippen molar-refractivity contribution in [2.75, 3.05) is 13.2 Å². The predicted octanol–water partition coefficient (Wildman–Crippen LogP) is 4.09. The van der Waals surface area contributed by atoms with E-state index in [0.717, 1.165) is 19.3 Å². The average Bonchev–Trinajstić information content (AvgIpc) is 2.70. The number of esters is 1. The van der Waals surface area contributed by atoms with Crippen LogP contribution in [0.4, 0.5) is 4.39 Å². The first-order chi connectivity index (χ1) is 14.5. The van der Waals surface area contributed by atoms with Gasteiger partial charge in [-0.15, -0.1) is 0 Å². The summed E-state index contributed by atoms with van der Waals surface area (Å²) in [5.74, 6) is 0.767. The summed E-state index contributed by atoms with van der Waals surface area (Å²) in [4.78, 5) is 27.0. The minimum atomic E-state index is -0.640. The highest BCUT2D eigenvalue weighted by atomic mass is 19.1. The molecular formula is C24H27FN2O3. The summed E-state index contributed by atoms with van der Waals surface area (Å²) < 4.78 is 18.4. The Morgan fingerprint density at radius 1 is 1.20 bits per heavy atom. The summed E-state index contributed by atoms with van der Waals surface area (Å²) in [6, 6.07) is 8.02. The highest BCUT2D eigenvalue weighted by Crippen LogP contribution is 2.57. The van der Waals surface area contributed by atoms with Crippen LogP contribution >= 0.6 is 0 Å². The third-order valence-corrected chi connectivity index (χ3v) is 6.93. The molecule has 0 unspecified atom stereocenters. The van der Waals surface area contributed by atoms with Crippen LogP contribution in [-0.2, 0) is 14.3 Å². The minimum absolute atomic E-state index is 0.174. The van der Waals surface area contributed by atoms with Crippen molar-refractivity contribution in [3.05, 3.63) is 41.7 Å². The van der Waals surface area contributed by atoms with Crippen LogP contribution in [0.25, 0.3) is 6.08 Å². The molecule has 0 heterocycles. The number of carbonyl (C=O) groups excluding carboxylic acids is 2. The van der Waals surface area contributed by atoms with Crippen LogP contribution in [-0.4, -0.2) is 35.5 Å². The van der Waals surface area contributed by atoms with Crippen LogP contribution in [0.3, 0.4) is 0 Å². The van der Waals surface area contributed by atoms with Crippen LogP contribution < -0.4 is 0 Å². The molecule has 4 bridgehead atoms. The second-order valence-electron chi connectivity index (χ2n) is 9.09. The fourth-order valence-electron chi connectivity index (χ4n) is 6.22. The fourth-order valence-corrected chi connectivity index (χ4v) is 6.22. The number of hydrogen-bond donors (Lipinski definition) is 0. The van der Waals surface area contributed by atoms with Gasteiger partial charge in [-0.05, 0) is 80.1 Å². The van der Waals surface area contributed by atoms with E-state index in [2.05, 4.69) is 6.07 Å². The summed E-state index contributed by atoms with van der Waals surface area (Å²) >= 11 is 0. The third-order valence-electron chi connectivity index (χ3n) is 6.93. The number of nitrogens with zero attached hydrogens (tertiary/aromatic N) is 2. The lowest BCUT2D eigenvalue weighted by Crippen LogP contribution is -2.62. The minimum Gasteiger partial charge on any atom is -0.452 e. The lowest BCUT2D eigenvalue weighted by Gasteiger charge is -2.60. The number of amides is 1. The molecule has 0 saturated heterocycles. The molecule has 0 atom stereocenters. The van der Waals surface area contributed by atoms with E-state index in [0.29, 0.717) is 29.9 Å². The molecule has 0 aromatic heterocycles. The highest BCUT2D eigenvalue weighted by molar-refractivity contribution is 5.89. The van der Waals surface area contributed by atoms with E-state index in [1.807, 2.05) is 4.90 Å². The van der Waals surface area contributed by atoms with E-state index in [1.54, 1.807) is 12.1 Å². The normalized spacial score (nSPS) is 29.0. The Balaban J connectivity index is 1.39. The van der Waals surface area contributed by atoms with E-state index in [9.17, 15) is 14.0 Å². The molecule has 30 heavy (non-hydrogen) atoms. The zero-order valence-corrected chi connectivity index (χ0v) is 17.1. The maximum atomic E-state index is 13.2. The van der Waals surface area contributed by atoms with E-state index in [4.69, 9.17) is 10.00 Å². The molecule has 1 amide bonds. The quantitative estimate of drug-likeness (QED) is 0.501. The van der Waals surface area contributed by atoms with E-state index in [1.165, 1.54) is 43.5 Å². The largest absolute Gasteiger partial charge is 0.452 e.